The fourth-order valence-corrected chi connectivity index (χ4v) is 2.23. The van der Waals surface area contributed by atoms with Crippen molar-refractivity contribution in [2.75, 3.05) is 7.05 Å². The summed E-state index contributed by atoms with van der Waals surface area (Å²) in [6, 6.07) is 4.03. The van der Waals surface area contributed by atoms with Crippen molar-refractivity contribution in [3.63, 3.8) is 0 Å². The topological polar surface area (TPSA) is 29.9 Å². The molecule has 3 nitrogen and oxygen atoms in total. The molecule has 0 radical (unpaired) electrons. The molecule has 0 aliphatic carbocycles. The zero-order valence-electron chi connectivity index (χ0n) is 11.2. The molecule has 0 bridgehead atoms. The van der Waals surface area contributed by atoms with Crippen molar-refractivity contribution in [2.45, 2.75) is 19.4 Å². The average molecular weight is 265 g/mol. The third-order valence-corrected chi connectivity index (χ3v) is 3.20. The van der Waals surface area contributed by atoms with Crippen LogP contribution in [0.15, 0.2) is 24.4 Å². The molecule has 2 rings (SSSR count). The molecule has 1 heterocycles. The Morgan fingerprint density at radius 2 is 2.05 bits per heavy atom. The molecule has 0 aliphatic heterocycles. The van der Waals surface area contributed by atoms with E-state index in [0.29, 0.717) is 6.42 Å². The van der Waals surface area contributed by atoms with Gasteiger partial charge in [-0.15, -0.1) is 0 Å². The molecule has 0 saturated heterocycles. The van der Waals surface area contributed by atoms with Crippen molar-refractivity contribution in [3.05, 3.63) is 52.9 Å². The first-order valence-corrected chi connectivity index (χ1v) is 6.12. The van der Waals surface area contributed by atoms with Gasteiger partial charge in [0.15, 0.2) is 11.6 Å². The van der Waals surface area contributed by atoms with Gasteiger partial charge in [-0.2, -0.15) is 5.10 Å². The first-order valence-electron chi connectivity index (χ1n) is 6.12. The standard InChI is InChI=1S/C14H17F2N3/c1-9-11(8-19(3)18-9)14(17-2)7-10-4-5-12(15)13(16)6-10/h4-6,8,14,17H,7H2,1-3H3. The fourth-order valence-electron chi connectivity index (χ4n) is 2.23. The maximum atomic E-state index is 13.2. The second-order valence-corrected chi connectivity index (χ2v) is 4.64. The number of aryl methyl sites for hydroxylation is 2. The predicted molar refractivity (Wildman–Crippen MR) is 69.8 cm³/mol. The van der Waals surface area contributed by atoms with Crippen LogP contribution in [0, 0.1) is 18.6 Å². The van der Waals surface area contributed by atoms with Gasteiger partial charge in [0, 0.05) is 24.8 Å². The van der Waals surface area contributed by atoms with Gasteiger partial charge in [-0.25, -0.2) is 8.78 Å². The van der Waals surface area contributed by atoms with Crippen LogP contribution < -0.4 is 5.32 Å². The van der Waals surface area contributed by atoms with E-state index in [9.17, 15) is 8.78 Å². The second-order valence-electron chi connectivity index (χ2n) is 4.64. The summed E-state index contributed by atoms with van der Waals surface area (Å²) in [7, 11) is 3.71. The summed E-state index contributed by atoms with van der Waals surface area (Å²) in [6.45, 7) is 1.94. The summed E-state index contributed by atoms with van der Waals surface area (Å²) in [5, 5.41) is 7.48. The largest absolute Gasteiger partial charge is 0.313 e. The predicted octanol–water partition coefficient (Wildman–Crippen LogP) is 2.51. The van der Waals surface area contributed by atoms with E-state index in [1.54, 1.807) is 10.7 Å². The van der Waals surface area contributed by atoms with Gasteiger partial charge in [-0.05, 0) is 38.1 Å². The third kappa shape index (κ3) is 2.98. The van der Waals surface area contributed by atoms with E-state index in [1.807, 2.05) is 27.2 Å². The highest BCUT2D eigenvalue weighted by atomic mass is 19.2. The van der Waals surface area contributed by atoms with Crippen LogP contribution in [0.2, 0.25) is 0 Å². The number of benzene rings is 1. The molecule has 0 amide bonds. The Bertz CT molecular complexity index is 578. The molecule has 19 heavy (non-hydrogen) atoms. The minimum Gasteiger partial charge on any atom is -0.313 e. The maximum Gasteiger partial charge on any atom is 0.159 e. The molecule has 0 fully saturated rings. The van der Waals surface area contributed by atoms with Crippen molar-refractivity contribution in [2.24, 2.45) is 7.05 Å². The zero-order valence-corrected chi connectivity index (χ0v) is 11.2. The van der Waals surface area contributed by atoms with Crippen molar-refractivity contribution in [3.8, 4) is 0 Å². The Kier molecular flexibility index (Phi) is 3.95. The number of nitrogens with zero attached hydrogens (tertiary/aromatic N) is 2. The van der Waals surface area contributed by atoms with E-state index >= 15 is 0 Å². The van der Waals surface area contributed by atoms with Crippen LogP contribution in [0.25, 0.3) is 0 Å². The van der Waals surface area contributed by atoms with Gasteiger partial charge in [-0.1, -0.05) is 6.07 Å². The lowest BCUT2D eigenvalue weighted by Crippen LogP contribution is -2.19. The highest BCUT2D eigenvalue weighted by molar-refractivity contribution is 5.25. The van der Waals surface area contributed by atoms with Crippen LogP contribution in [0.1, 0.15) is 22.9 Å². The van der Waals surface area contributed by atoms with Crippen LogP contribution in [0.3, 0.4) is 0 Å². The van der Waals surface area contributed by atoms with Crippen LogP contribution >= 0.6 is 0 Å². The van der Waals surface area contributed by atoms with Gasteiger partial charge >= 0.3 is 0 Å². The van der Waals surface area contributed by atoms with Crippen LogP contribution in [0.5, 0.6) is 0 Å². The lowest BCUT2D eigenvalue weighted by atomic mass is 9.99. The van der Waals surface area contributed by atoms with Gasteiger partial charge < -0.3 is 5.32 Å². The number of halogens is 2. The Hall–Kier alpha value is -1.75. The van der Waals surface area contributed by atoms with E-state index in [2.05, 4.69) is 10.4 Å². The zero-order chi connectivity index (χ0) is 14.0. The van der Waals surface area contributed by atoms with Gasteiger partial charge in [0.05, 0.1) is 5.69 Å². The first kappa shape index (κ1) is 13.7. The van der Waals surface area contributed by atoms with E-state index in [0.717, 1.165) is 22.9 Å². The summed E-state index contributed by atoms with van der Waals surface area (Å²) < 4.78 is 27.9. The van der Waals surface area contributed by atoms with Gasteiger partial charge in [-0.3, -0.25) is 4.68 Å². The summed E-state index contributed by atoms with van der Waals surface area (Å²) in [4.78, 5) is 0. The molecule has 0 saturated carbocycles. The highest BCUT2D eigenvalue weighted by Crippen LogP contribution is 2.21. The van der Waals surface area contributed by atoms with Crippen LogP contribution in [0.4, 0.5) is 8.78 Å². The summed E-state index contributed by atoms with van der Waals surface area (Å²) >= 11 is 0. The monoisotopic (exact) mass is 265 g/mol. The molecule has 1 atom stereocenters. The SMILES string of the molecule is CNC(Cc1ccc(F)c(F)c1)c1cn(C)nc1C. The van der Waals surface area contributed by atoms with Gasteiger partial charge in [0.1, 0.15) is 0 Å². The summed E-state index contributed by atoms with van der Waals surface area (Å²) in [6.07, 6.45) is 2.52. The Morgan fingerprint density at radius 3 is 2.58 bits per heavy atom. The molecule has 5 heteroatoms. The smallest absolute Gasteiger partial charge is 0.159 e. The van der Waals surface area contributed by atoms with E-state index in [-0.39, 0.29) is 6.04 Å². The molecular weight excluding hydrogens is 248 g/mol. The Labute approximate surface area is 111 Å². The van der Waals surface area contributed by atoms with E-state index in [4.69, 9.17) is 0 Å². The molecule has 1 aromatic heterocycles. The van der Waals surface area contributed by atoms with Crippen molar-refractivity contribution < 1.29 is 8.78 Å². The first-order chi connectivity index (χ1) is 9.01. The number of rotatable bonds is 4. The van der Waals surface area contributed by atoms with E-state index < -0.39 is 11.6 Å². The lowest BCUT2D eigenvalue weighted by molar-refractivity contribution is 0.504. The molecule has 102 valence electrons. The number of nitrogens with one attached hydrogen (secondary N) is 1. The van der Waals surface area contributed by atoms with Crippen molar-refractivity contribution in [1.29, 1.82) is 0 Å². The number of likely N-dealkylation sites (N-methyl/N-ethyl adjacent to an activating group) is 1. The minimum absolute atomic E-state index is 0.0264. The second kappa shape index (κ2) is 5.48. The van der Waals surface area contributed by atoms with Crippen LogP contribution in [-0.4, -0.2) is 16.8 Å². The van der Waals surface area contributed by atoms with Crippen molar-refractivity contribution >= 4 is 0 Å². The fraction of sp³-hybridized carbons (Fsp3) is 0.357. The molecule has 2 aromatic rings. The Morgan fingerprint density at radius 1 is 1.32 bits per heavy atom. The molecule has 1 N–H and O–H groups in total. The summed E-state index contributed by atoms with van der Waals surface area (Å²) in [5.74, 6) is -1.63. The molecule has 1 aromatic carbocycles. The quantitative estimate of drug-likeness (QED) is 0.920. The van der Waals surface area contributed by atoms with Gasteiger partial charge in [0.25, 0.3) is 0 Å². The third-order valence-electron chi connectivity index (χ3n) is 3.20. The maximum absolute atomic E-state index is 13.2. The molecule has 0 aliphatic rings. The van der Waals surface area contributed by atoms with Crippen molar-refractivity contribution in [1.82, 2.24) is 15.1 Å². The Balaban J connectivity index is 2.23. The number of aromatic nitrogens is 2. The van der Waals surface area contributed by atoms with Gasteiger partial charge in [0.2, 0.25) is 0 Å². The summed E-state index contributed by atoms with van der Waals surface area (Å²) in [5.41, 5.74) is 2.75. The average Bonchev–Trinajstić information content (AvgIpc) is 2.70. The minimum atomic E-state index is -0.817. The number of hydrogen-bond acceptors (Lipinski definition) is 2. The number of hydrogen-bond donors (Lipinski definition) is 1. The molecule has 1 unspecified atom stereocenters. The van der Waals surface area contributed by atoms with E-state index in [1.165, 1.54) is 6.07 Å². The normalized spacial score (nSPS) is 12.7. The molecular formula is C14H17F2N3. The lowest BCUT2D eigenvalue weighted by Gasteiger charge is -2.15. The highest BCUT2D eigenvalue weighted by Gasteiger charge is 2.16. The molecule has 0 spiro atoms. The van der Waals surface area contributed by atoms with Crippen LogP contribution in [-0.2, 0) is 13.5 Å².